The molecule has 0 bridgehead atoms. The van der Waals surface area contributed by atoms with E-state index in [4.69, 9.17) is 0 Å². The Bertz CT molecular complexity index is 715. The Labute approximate surface area is 145 Å². The summed E-state index contributed by atoms with van der Waals surface area (Å²) < 4.78 is 13.8. The molecule has 0 aliphatic rings. The van der Waals surface area contributed by atoms with E-state index in [0.717, 1.165) is 36.8 Å². The van der Waals surface area contributed by atoms with Gasteiger partial charge < -0.3 is 4.57 Å². The molecule has 0 aliphatic heterocycles. The van der Waals surface area contributed by atoms with Gasteiger partial charge in [-0.3, -0.25) is 4.79 Å². The molecule has 2 nitrogen and oxygen atoms in total. The third kappa shape index (κ3) is 4.05. The minimum Gasteiger partial charge on any atom is -0.310 e. The van der Waals surface area contributed by atoms with Crippen LogP contribution in [-0.2, 0) is 4.57 Å². The molecule has 0 fully saturated rings. The summed E-state index contributed by atoms with van der Waals surface area (Å²) >= 11 is 0. The zero-order valence-corrected chi connectivity index (χ0v) is 15.8. The fourth-order valence-electron chi connectivity index (χ4n) is 3.11. The maximum absolute atomic E-state index is 13.8. The van der Waals surface area contributed by atoms with Crippen molar-refractivity contribution in [1.82, 2.24) is 0 Å². The van der Waals surface area contributed by atoms with E-state index in [0.29, 0.717) is 17.0 Å². The topological polar surface area (TPSA) is 34.1 Å². The summed E-state index contributed by atoms with van der Waals surface area (Å²) in [6, 6.07) is 15.1. The van der Waals surface area contributed by atoms with Crippen LogP contribution in [0.4, 0.5) is 0 Å². The van der Waals surface area contributed by atoms with Crippen molar-refractivity contribution in [3.05, 3.63) is 65.2 Å². The second kappa shape index (κ2) is 8.44. The van der Waals surface area contributed by atoms with Gasteiger partial charge in [0.2, 0.25) is 5.52 Å². The summed E-state index contributed by atoms with van der Waals surface area (Å²) in [4.78, 5) is 13.3. The second-order valence-corrected chi connectivity index (χ2v) is 9.28. The predicted octanol–water partition coefficient (Wildman–Crippen LogP) is 5.71. The molecule has 1 unspecified atom stereocenters. The van der Waals surface area contributed by atoms with E-state index in [-0.39, 0.29) is 5.52 Å². The van der Waals surface area contributed by atoms with Crippen LogP contribution < -0.4 is 5.30 Å². The fourth-order valence-corrected chi connectivity index (χ4v) is 5.84. The van der Waals surface area contributed by atoms with Gasteiger partial charge in [0.25, 0.3) is 0 Å². The molecule has 0 spiro atoms. The predicted molar refractivity (Wildman–Crippen MR) is 103 cm³/mol. The molecule has 0 saturated carbocycles. The number of carbonyl (C=O) groups excluding carboxylic acids is 1. The molecule has 2 rings (SSSR count). The highest BCUT2D eigenvalue weighted by atomic mass is 31.2. The number of hydrogen-bond donors (Lipinski definition) is 0. The lowest BCUT2D eigenvalue weighted by molar-refractivity contribution is 0.107. The first-order valence-corrected chi connectivity index (χ1v) is 10.7. The van der Waals surface area contributed by atoms with Gasteiger partial charge in [0.1, 0.15) is 0 Å². The fraction of sp³-hybridized carbons (Fsp3) is 0.381. The van der Waals surface area contributed by atoms with Gasteiger partial charge in [-0.05, 0) is 31.4 Å². The quantitative estimate of drug-likeness (QED) is 0.455. The van der Waals surface area contributed by atoms with Gasteiger partial charge in [-0.25, -0.2) is 0 Å². The van der Waals surface area contributed by atoms with Crippen molar-refractivity contribution >= 4 is 18.0 Å². The normalized spacial score (nSPS) is 13.5. The van der Waals surface area contributed by atoms with Crippen molar-refractivity contribution in [3.8, 4) is 0 Å². The first-order valence-electron chi connectivity index (χ1n) is 8.76. The molecular formula is C21H27O2P. The molecular weight excluding hydrogens is 315 g/mol. The highest BCUT2D eigenvalue weighted by Gasteiger charge is 2.35. The molecule has 2 aromatic carbocycles. The maximum atomic E-state index is 13.8. The lowest BCUT2D eigenvalue weighted by atomic mass is 10.0. The Hall–Kier alpha value is -1.66. The van der Waals surface area contributed by atoms with E-state index in [9.17, 15) is 9.36 Å². The Kier molecular flexibility index (Phi) is 6.57. The highest BCUT2D eigenvalue weighted by molar-refractivity contribution is 7.87. The van der Waals surface area contributed by atoms with Gasteiger partial charge in [-0.1, -0.05) is 74.7 Å². The summed E-state index contributed by atoms with van der Waals surface area (Å²) in [5.41, 5.74) is 2.27. The van der Waals surface area contributed by atoms with Crippen LogP contribution >= 0.6 is 7.14 Å². The van der Waals surface area contributed by atoms with Gasteiger partial charge in [0.05, 0.1) is 0 Å². The Balaban J connectivity index is 2.42. The van der Waals surface area contributed by atoms with Crippen LogP contribution in [0.25, 0.3) is 0 Å². The van der Waals surface area contributed by atoms with Crippen LogP contribution in [0.3, 0.4) is 0 Å². The van der Waals surface area contributed by atoms with Crippen LogP contribution in [0.5, 0.6) is 0 Å². The third-order valence-electron chi connectivity index (χ3n) is 4.52. The molecule has 24 heavy (non-hydrogen) atoms. The van der Waals surface area contributed by atoms with E-state index < -0.39 is 7.14 Å². The first-order chi connectivity index (χ1) is 11.5. The second-order valence-electron chi connectivity index (χ2n) is 6.43. The van der Waals surface area contributed by atoms with Crippen molar-refractivity contribution in [2.75, 3.05) is 6.16 Å². The Morgan fingerprint density at radius 3 is 2.08 bits per heavy atom. The van der Waals surface area contributed by atoms with Crippen LogP contribution in [0, 0.1) is 13.8 Å². The smallest absolute Gasteiger partial charge is 0.226 e. The largest absolute Gasteiger partial charge is 0.310 e. The molecule has 3 heteroatoms. The molecule has 0 aromatic heterocycles. The molecule has 0 radical (unpaired) electrons. The molecule has 128 valence electrons. The number of benzene rings is 2. The molecule has 0 N–H and O–H groups in total. The minimum atomic E-state index is -3.12. The van der Waals surface area contributed by atoms with Gasteiger partial charge in [-0.2, -0.15) is 0 Å². The zero-order valence-electron chi connectivity index (χ0n) is 14.9. The van der Waals surface area contributed by atoms with E-state index >= 15 is 0 Å². The summed E-state index contributed by atoms with van der Waals surface area (Å²) in [6.07, 6.45) is 4.56. The zero-order chi connectivity index (χ0) is 17.6. The van der Waals surface area contributed by atoms with Gasteiger partial charge in [-0.15, -0.1) is 0 Å². The standard InChI is InChI=1S/C21H27O2P/c1-4-5-6-10-16-24(23,19-14-8-7-9-15-19)21(22)20-17(2)12-11-13-18(20)3/h7-9,11-15H,4-6,10,16H2,1-3H3. The van der Waals surface area contributed by atoms with Crippen molar-refractivity contribution in [2.45, 2.75) is 46.5 Å². The van der Waals surface area contributed by atoms with Gasteiger partial charge in [0.15, 0.2) is 7.14 Å². The number of rotatable bonds is 8. The highest BCUT2D eigenvalue weighted by Crippen LogP contribution is 2.49. The maximum Gasteiger partial charge on any atom is 0.226 e. The van der Waals surface area contributed by atoms with Crippen molar-refractivity contribution in [1.29, 1.82) is 0 Å². The first kappa shape index (κ1) is 18.7. The molecule has 2 aromatic rings. The summed E-state index contributed by atoms with van der Waals surface area (Å²) in [6.45, 7) is 6.00. The van der Waals surface area contributed by atoms with E-state index in [1.54, 1.807) is 0 Å². The van der Waals surface area contributed by atoms with Crippen molar-refractivity contribution < 1.29 is 9.36 Å². The SMILES string of the molecule is CCCCCCP(=O)(C(=O)c1c(C)cccc1C)c1ccccc1. The minimum absolute atomic E-state index is 0.180. The number of carbonyl (C=O) groups is 1. The summed E-state index contributed by atoms with van der Waals surface area (Å²) in [5, 5.41) is 0.689. The Morgan fingerprint density at radius 1 is 0.875 bits per heavy atom. The van der Waals surface area contributed by atoms with E-state index in [2.05, 4.69) is 6.92 Å². The Morgan fingerprint density at radius 2 is 1.50 bits per heavy atom. The van der Waals surface area contributed by atoms with Crippen LogP contribution in [0.15, 0.2) is 48.5 Å². The molecule has 0 saturated heterocycles. The van der Waals surface area contributed by atoms with Gasteiger partial charge in [0, 0.05) is 17.0 Å². The van der Waals surface area contributed by atoms with Crippen LogP contribution in [0.2, 0.25) is 0 Å². The van der Waals surface area contributed by atoms with Crippen LogP contribution in [0.1, 0.15) is 54.1 Å². The average molecular weight is 342 g/mol. The number of unbranched alkanes of at least 4 members (excludes halogenated alkanes) is 3. The monoisotopic (exact) mass is 342 g/mol. The van der Waals surface area contributed by atoms with E-state index in [1.807, 2.05) is 62.4 Å². The lowest BCUT2D eigenvalue weighted by Crippen LogP contribution is -2.17. The van der Waals surface area contributed by atoms with Crippen molar-refractivity contribution in [2.24, 2.45) is 0 Å². The molecule has 0 aliphatic carbocycles. The number of hydrogen-bond acceptors (Lipinski definition) is 2. The molecule has 0 heterocycles. The molecule has 0 amide bonds. The third-order valence-corrected chi connectivity index (χ3v) is 7.48. The summed E-state index contributed by atoms with van der Waals surface area (Å²) in [5.74, 6) is 0. The van der Waals surface area contributed by atoms with Crippen LogP contribution in [-0.4, -0.2) is 11.7 Å². The average Bonchev–Trinajstić information content (AvgIpc) is 2.59. The number of aryl methyl sites for hydroxylation is 2. The van der Waals surface area contributed by atoms with Crippen molar-refractivity contribution in [3.63, 3.8) is 0 Å². The molecule has 1 atom stereocenters. The van der Waals surface area contributed by atoms with Gasteiger partial charge >= 0.3 is 0 Å². The summed E-state index contributed by atoms with van der Waals surface area (Å²) in [7, 11) is -3.12. The van der Waals surface area contributed by atoms with E-state index in [1.165, 1.54) is 0 Å². The lowest BCUT2D eigenvalue weighted by Gasteiger charge is -2.20.